The third-order valence-electron chi connectivity index (χ3n) is 4.22. The van der Waals surface area contributed by atoms with E-state index in [1.54, 1.807) is 36.0 Å². The number of amides is 3. The number of benzene rings is 2. The second-order valence-electron chi connectivity index (χ2n) is 6.25. The van der Waals surface area contributed by atoms with Crippen LogP contribution in [0, 0.1) is 0 Å². The van der Waals surface area contributed by atoms with Crippen LogP contribution in [0.15, 0.2) is 53.4 Å². The monoisotopic (exact) mass is 417 g/mol. The summed E-state index contributed by atoms with van der Waals surface area (Å²) in [7, 11) is 0. The maximum Gasteiger partial charge on any atom is 0.254 e. The topological polar surface area (TPSA) is 87.3 Å². The fourth-order valence-corrected chi connectivity index (χ4v) is 3.66. The summed E-state index contributed by atoms with van der Waals surface area (Å²) in [6.45, 7) is 0.515. The molecule has 1 aliphatic rings. The van der Waals surface area contributed by atoms with Gasteiger partial charge in [-0.05, 0) is 42.8 Å². The summed E-state index contributed by atoms with van der Waals surface area (Å²) in [6, 6.07) is 13.6. The van der Waals surface area contributed by atoms with Crippen LogP contribution in [0.4, 0.5) is 5.69 Å². The fourth-order valence-electron chi connectivity index (χ4n) is 2.77. The van der Waals surface area contributed by atoms with E-state index in [4.69, 9.17) is 11.6 Å². The molecule has 2 aromatic rings. The van der Waals surface area contributed by atoms with Crippen molar-refractivity contribution < 1.29 is 14.4 Å². The van der Waals surface area contributed by atoms with Crippen molar-refractivity contribution in [2.45, 2.75) is 23.8 Å². The zero-order valence-corrected chi connectivity index (χ0v) is 16.6. The summed E-state index contributed by atoms with van der Waals surface area (Å²) >= 11 is 7.47. The Morgan fingerprint density at radius 2 is 1.86 bits per heavy atom. The first-order chi connectivity index (χ1) is 13.5. The van der Waals surface area contributed by atoms with Gasteiger partial charge in [0.05, 0.1) is 11.3 Å². The van der Waals surface area contributed by atoms with Crippen molar-refractivity contribution in [2.24, 2.45) is 0 Å². The Kier molecular flexibility index (Phi) is 6.95. The van der Waals surface area contributed by atoms with Gasteiger partial charge in [-0.25, -0.2) is 0 Å². The Morgan fingerprint density at radius 1 is 1.11 bits per heavy atom. The Bertz CT molecular complexity index is 873. The summed E-state index contributed by atoms with van der Waals surface area (Å²) in [5.41, 5.74) is 0.901. The van der Waals surface area contributed by atoms with Gasteiger partial charge in [0.25, 0.3) is 5.91 Å². The standard InChI is InChI=1S/C20H20ClN3O3S/c21-13-5-7-14(8-6-13)28-12-11-22-18(25)10-9-17-20(27)23-16-4-2-1-3-15(16)19(26)24-17/h1-8,17H,9-12H2,(H,22,25)(H,23,27)(H,24,26)/t17-/m1/s1. The van der Waals surface area contributed by atoms with Crippen LogP contribution in [-0.4, -0.2) is 36.1 Å². The van der Waals surface area contributed by atoms with Crippen molar-refractivity contribution in [3.05, 3.63) is 59.1 Å². The number of carbonyl (C=O) groups is 3. The van der Waals surface area contributed by atoms with E-state index in [1.807, 2.05) is 24.3 Å². The van der Waals surface area contributed by atoms with E-state index in [1.165, 1.54) is 0 Å². The van der Waals surface area contributed by atoms with Crippen molar-refractivity contribution in [1.82, 2.24) is 10.6 Å². The molecule has 1 atom stereocenters. The van der Waals surface area contributed by atoms with Crippen molar-refractivity contribution in [1.29, 1.82) is 0 Å². The van der Waals surface area contributed by atoms with Crippen LogP contribution in [0.25, 0.3) is 0 Å². The predicted molar refractivity (Wildman–Crippen MR) is 111 cm³/mol. The van der Waals surface area contributed by atoms with Crippen LogP contribution < -0.4 is 16.0 Å². The van der Waals surface area contributed by atoms with Gasteiger partial charge < -0.3 is 16.0 Å². The first-order valence-corrected chi connectivity index (χ1v) is 10.2. The fraction of sp³-hybridized carbons (Fsp3) is 0.250. The smallest absolute Gasteiger partial charge is 0.254 e. The molecule has 2 aromatic carbocycles. The number of anilines is 1. The summed E-state index contributed by atoms with van der Waals surface area (Å²) in [5, 5.41) is 8.94. The van der Waals surface area contributed by atoms with E-state index in [9.17, 15) is 14.4 Å². The third kappa shape index (κ3) is 5.50. The van der Waals surface area contributed by atoms with Crippen molar-refractivity contribution in [3.8, 4) is 0 Å². The van der Waals surface area contributed by atoms with Gasteiger partial charge in [0.1, 0.15) is 6.04 Å². The number of halogens is 1. The van der Waals surface area contributed by atoms with Crippen molar-refractivity contribution in [2.75, 3.05) is 17.6 Å². The molecule has 0 aliphatic carbocycles. The molecule has 0 spiro atoms. The molecule has 6 nitrogen and oxygen atoms in total. The van der Waals surface area contributed by atoms with E-state index in [0.29, 0.717) is 22.8 Å². The lowest BCUT2D eigenvalue weighted by Crippen LogP contribution is -2.42. The first-order valence-electron chi connectivity index (χ1n) is 8.89. The Labute approximate surface area is 172 Å². The average molecular weight is 418 g/mol. The maximum atomic E-state index is 12.3. The summed E-state index contributed by atoms with van der Waals surface area (Å²) in [6.07, 6.45) is 0.391. The van der Waals surface area contributed by atoms with Crippen LogP contribution >= 0.6 is 23.4 Å². The molecule has 0 unspecified atom stereocenters. The molecular weight excluding hydrogens is 398 g/mol. The van der Waals surface area contributed by atoms with Gasteiger partial charge in [-0.1, -0.05) is 23.7 Å². The number of fused-ring (bicyclic) bond motifs is 1. The van der Waals surface area contributed by atoms with E-state index >= 15 is 0 Å². The molecule has 28 heavy (non-hydrogen) atoms. The van der Waals surface area contributed by atoms with Crippen LogP contribution in [0.1, 0.15) is 23.2 Å². The van der Waals surface area contributed by atoms with E-state index in [-0.39, 0.29) is 30.6 Å². The second kappa shape index (κ2) is 9.61. The van der Waals surface area contributed by atoms with Gasteiger partial charge in [-0.2, -0.15) is 0 Å². The minimum Gasteiger partial charge on any atom is -0.355 e. The first kappa shape index (κ1) is 20.2. The van der Waals surface area contributed by atoms with E-state index in [2.05, 4.69) is 16.0 Å². The molecule has 146 valence electrons. The molecule has 1 heterocycles. The Balaban J connectivity index is 1.41. The zero-order chi connectivity index (χ0) is 19.9. The van der Waals surface area contributed by atoms with E-state index < -0.39 is 6.04 Å². The van der Waals surface area contributed by atoms with Gasteiger partial charge in [0.15, 0.2) is 0 Å². The lowest BCUT2D eigenvalue weighted by Gasteiger charge is -2.14. The molecule has 0 saturated carbocycles. The SMILES string of the molecule is O=C(CC[C@H]1NC(=O)c2ccccc2NC1=O)NCCSc1ccc(Cl)cc1. The predicted octanol–water partition coefficient (Wildman–Crippen LogP) is 3.08. The summed E-state index contributed by atoms with van der Waals surface area (Å²) in [4.78, 5) is 37.7. The molecule has 0 saturated heterocycles. The molecule has 0 aromatic heterocycles. The minimum atomic E-state index is -0.742. The van der Waals surface area contributed by atoms with Gasteiger partial charge in [-0.15, -0.1) is 11.8 Å². The number of nitrogens with one attached hydrogen (secondary N) is 3. The number of hydrogen-bond acceptors (Lipinski definition) is 4. The second-order valence-corrected chi connectivity index (χ2v) is 7.86. The summed E-state index contributed by atoms with van der Waals surface area (Å²) in [5.74, 6) is -0.0628. The number of carbonyl (C=O) groups excluding carboxylic acids is 3. The third-order valence-corrected chi connectivity index (χ3v) is 5.48. The highest BCUT2D eigenvalue weighted by Crippen LogP contribution is 2.20. The zero-order valence-electron chi connectivity index (χ0n) is 15.0. The van der Waals surface area contributed by atoms with Crippen LogP contribution in [0.2, 0.25) is 5.02 Å². The molecule has 0 radical (unpaired) electrons. The number of hydrogen-bond donors (Lipinski definition) is 3. The number of para-hydroxylation sites is 1. The lowest BCUT2D eigenvalue weighted by molar-refractivity contribution is -0.121. The average Bonchev–Trinajstić information content (AvgIpc) is 2.81. The highest BCUT2D eigenvalue weighted by molar-refractivity contribution is 7.99. The Hall–Kier alpha value is -2.51. The minimum absolute atomic E-state index is 0.152. The molecule has 0 fully saturated rings. The highest BCUT2D eigenvalue weighted by Gasteiger charge is 2.27. The normalized spacial score (nSPS) is 15.8. The van der Waals surface area contributed by atoms with E-state index in [0.717, 1.165) is 10.6 Å². The van der Waals surface area contributed by atoms with Gasteiger partial charge in [0, 0.05) is 28.6 Å². The molecule has 3 amide bonds. The number of rotatable bonds is 7. The van der Waals surface area contributed by atoms with Crippen molar-refractivity contribution in [3.63, 3.8) is 0 Å². The van der Waals surface area contributed by atoms with Gasteiger partial charge in [0.2, 0.25) is 11.8 Å². The highest BCUT2D eigenvalue weighted by atomic mass is 35.5. The molecule has 0 bridgehead atoms. The Morgan fingerprint density at radius 3 is 2.64 bits per heavy atom. The van der Waals surface area contributed by atoms with Crippen LogP contribution in [-0.2, 0) is 9.59 Å². The van der Waals surface area contributed by atoms with Crippen LogP contribution in [0.3, 0.4) is 0 Å². The van der Waals surface area contributed by atoms with Crippen molar-refractivity contribution >= 4 is 46.8 Å². The molecule has 1 aliphatic heterocycles. The number of thioether (sulfide) groups is 1. The van der Waals surface area contributed by atoms with Gasteiger partial charge >= 0.3 is 0 Å². The van der Waals surface area contributed by atoms with Gasteiger partial charge in [-0.3, -0.25) is 14.4 Å². The molecule has 3 N–H and O–H groups in total. The molecule has 3 rings (SSSR count). The van der Waals surface area contributed by atoms with Crippen LogP contribution in [0.5, 0.6) is 0 Å². The summed E-state index contributed by atoms with van der Waals surface area (Å²) < 4.78 is 0. The maximum absolute atomic E-state index is 12.3. The largest absolute Gasteiger partial charge is 0.355 e. The quantitative estimate of drug-likeness (QED) is 0.477. The molecular formula is C20H20ClN3O3S. The lowest BCUT2D eigenvalue weighted by atomic mass is 10.1. The molecule has 8 heteroatoms.